The van der Waals surface area contributed by atoms with Gasteiger partial charge in [0.2, 0.25) is 0 Å². The van der Waals surface area contributed by atoms with Crippen molar-refractivity contribution in [2.24, 2.45) is 0 Å². The lowest BCUT2D eigenvalue weighted by molar-refractivity contribution is 0.102. The van der Waals surface area contributed by atoms with E-state index in [9.17, 15) is 4.79 Å². The molecule has 0 spiro atoms. The molecule has 1 aromatic heterocycles. The Labute approximate surface area is 151 Å². The summed E-state index contributed by atoms with van der Waals surface area (Å²) in [6, 6.07) is 16.0. The number of amides is 1. The molecule has 0 aliphatic carbocycles. The average Bonchev–Trinajstić information content (AvgIpc) is 3.05. The van der Waals surface area contributed by atoms with Gasteiger partial charge in [0.15, 0.2) is 5.13 Å². The molecule has 3 rings (SSSR count). The fourth-order valence-corrected chi connectivity index (χ4v) is 3.28. The number of hydrogen-bond donors (Lipinski definition) is 2. The molecule has 2 aromatic carbocycles. The average molecular weight is 351 g/mol. The van der Waals surface area contributed by atoms with E-state index in [0.717, 1.165) is 23.4 Å². The van der Waals surface area contributed by atoms with E-state index in [-0.39, 0.29) is 5.91 Å². The number of thiazole rings is 1. The molecule has 0 aliphatic heterocycles. The Balaban J connectivity index is 1.67. The summed E-state index contributed by atoms with van der Waals surface area (Å²) >= 11 is 1.43. The quantitative estimate of drug-likeness (QED) is 0.665. The molecule has 0 fully saturated rings. The van der Waals surface area contributed by atoms with Gasteiger partial charge < -0.3 is 5.32 Å². The highest BCUT2D eigenvalue weighted by molar-refractivity contribution is 7.13. The van der Waals surface area contributed by atoms with Crippen LogP contribution in [0.25, 0.3) is 0 Å². The first-order valence-corrected chi connectivity index (χ1v) is 9.18. The highest BCUT2D eigenvalue weighted by Crippen LogP contribution is 2.18. The number of para-hydroxylation sites is 1. The first-order chi connectivity index (χ1) is 12.2. The topological polar surface area (TPSA) is 54.0 Å². The van der Waals surface area contributed by atoms with Gasteiger partial charge in [0, 0.05) is 23.2 Å². The third kappa shape index (κ3) is 4.45. The highest BCUT2D eigenvalue weighted by atomic mass is 32.1. The second kappa shape index (κ2) is 7.94. The van der Waals surface area contributed by atoms with E-state index in [0.29, 0.717) is 17.2 Å². The number of benzene rings is 2. The summed E-state index contributed by atoms with van der Waals surface area (Å²) in [5.74, 6) is -0.134. The zero-order valence-electron chi connectivity index (χ0n) is 14.4. The third-order valence-electron chi connectivity index (χ3n) is 3.91. The summed E-state index contributed by atoms with van der Waals surface area (Å²) in [5.41, 5.74) is 5.03. The molecule has 5 heteroatoms. The van der Waals surface area contributed by atoms with E-state index in [2.05, 4.69) is 40.7 Å². The zero-order chi connectivity index (χ0) is 17.6. The van der Waals surface area contributed by atoms with Gasteiger partial charge in [-0.1, -0.05) is 37.3 Å². The van der Waals surface area contributed by atoms with Gasteiger partial charge in [-0.15, -0.1) is 11.3 Å². The smallest absolute Gasteiger partial charge is 0.257 e. The predicted molar refractivity (Wildman–Crippen MR) is 104 cm³/mol. The molecule has 0 unspecified atom stereocenters. The predicted octanol–water partition coefficient (Wildman–Crippen LogP) is 4.88. The standard InChI is InChI=1S/C20H21N3OS/c1-3-16-8-4-5-10-18(16)21-12-15-7-6-9-17(11-15)19(24)23-20-22-14(2)13-25-20/h4-11,13,21H,3,12H2,1-2H3,(H,22,23,24). The molecule has 0 bridgehead atoms. The minimum absolute atomic E-state index is 0.134. The SMILES string of the molecule is CCc1ccccc1NCc1cccc(C(=O)Nc2nc(C)cs2)c1. The minimum atomic E-state index is -0.134. The molecular formula is C20H21N3OS. The molecule has 0 atom stereocenters. The number of carbonyl (C=O) groups excluding carboxylic acids is 1. The number of carbonyl (C=O) groups is 1. The highest BCUT2D eigenvalue weighted by Gasteiger charge is 2.09. The maximum atomic E-state index is 12.4. The van der Waals surface area contributed by atoms with E-state index >= 15 is 0 Å². The Morgan fingerprint density at radius 1 is 1.16 bits per heavy atom. The van der Waals surface area contributed by atoms with E-state index in [1.54, 1.807) is 0 Å². The van der Waals surface area contributed by atoms with Crippen molar-refractivity contribution >= 4 is 28.1 Å². The van der Waals surface area contributed by atoms with Crippen LogP contribution in [0.15, 0.2) is 53.9 Å². The Hall–Kier alpha value is -2.66. The lowest BCUT2D eigenvalue weighted by Gasteiger charge is -2.11. The van der Waals surface area contributed by atoms with E-state index in [4.69, 9.17) is 0 Å². The minimum Gasteiger partial charge on any atom is -0.381 e. The second-order valence-corrected chi connectivity index (χ2v) is 6.67. The number of anilines is 2. The van der Waals surface area contributed by atoms with Crippen LogP contribution in [0.2, 0.25) is 0 Å². The van der Waals surface area contributed by atoms with Crippen molar-refractivity contribution in [3.8, 4) is 0 Å². The summed E-state index contributed by atoms with van der Waals surface area (Å²) in [6.45, 7) is 4.73. The van der Waals surface area contributed by atoms with Crippen molar-refractivity contribution in [1.82, 2.24) is 4.98 Å². The Kier molecular flexibility index (Phi) is 5.46. The second-order valence-electron chi connectivity index (χ2n) is 5.81. The summed E-state index contributed by atoms with van der Waals surface area (Å²) < 4.78 is 0. The number of nitrogens with zero attached hydrogens (tertiary/aromatic N) is 1. The molecule has 3 aromatic rings. The van der Waals surface area contributed by atoms with Gasteiger partial charge in [-0.25, -0.2) is 4.98 Å². The Bertz CT molecular complexity index is 873. The molecule has 2 N–H and O–H groups in total. The summed E-state index contributed by atoms with van der Waals surface area (Å²) in [5, 5.41) is 8.85. The lowest BCUT2D eigenvalue weighted by Crippen LogP contribution is -2.12. The van der Waals surface area contributed by atoms with Gasteiger partial charge in [-0.05, 0) is 42.7 Å². The normalized spacial score (nSPS) is 10.5. The van der Waals surface area contributed by atoms with Crippen molar-refractivity contribution in [2.75, 3.05) is 10.6 Å². The zero-order valence-corrected chi connectivity index (χ0v) is 15.2. The summed E-state index contributed by atoms with van der Waals surface area (Å²) in [6.07, 6.45) is 0.985. The number of nitrogens with one attached hydrogen (secondary N) is 2. The molecule has 0 saturated carbocycles. The number of hydrogen-bond acceptors (Lipinski definition) is 4. The van der Waals surface area contributed by atoms with Gasteiger partial charge in [0.1, 0.15) is 0 Å². The number of rotatable bonds is 6. The van der Waals surface area contributed by atoms with Gasteiger partial charge in [0.05, 0.1) is 5.69 Å². The maximum absolute atomic E-state index is 12.4. The molecule has 0 aliphatic rings. The van der Waals surface area contributed by atoms with Crippen molar-refractivity contribution in [1.29, 1.82) is 0 Å². The monoisotopic (exact) mass is 351 g/mol. The van der Waals surface area contributed by atoms with Crippen LogP contribution in [0.4, 0.5) is 10.8 Å². The van der Waals surface area contributed by atoms with Crippen molar-refractivity contribution in [2.45, 2.75) is 26.8 Å². The number of aromatic nitrogens is 1. The lowest BCUT2D eigenvalue weighted by atomic mass is 10.1. The van der Waals surface area contributed by atoms with Crippen LogP contribution >= 0.6 is 11.3 Å². The molecule has 4 nitrogen and oxygen atoms in total. The van der Waals surface area contributed by atoms with E-state index in [1.165, 1.54) is 16.9 Å². The summed E-state index contributed by atoms with van der Waals surface area (Å²) in [4.78, 5) is 16.7. The van der Waals surface area contributed by atoms with Crippen LogP contribution in [0, 0.1) is 6.92 Å². The fraction of sp³-hybridized carbons (Fsp3) is 0.200. The number of aryl methyl sites for hydroxylation is 2. The molecular weight excluding hydrogens is 330 g/mol. The largest absolute Gasteiger partial charge is 0.381 e. The third-order valence-corrected chi connectivity index (χ3v) is 4.79. The van der Waals surface area contributed by atoms with Crippen LogP contribution in [0.5, 0.6) is 0 Å². The summed E-state index contributed by atoms with van der Waals surface area (Å²) in [7, 11) is 0. The van der Waals surface area contributed by atoms with E-state index < -0.39 is 0 Å². The molecule has 0 saturated heterocycles. The van der Waals surface area contributed by atoms with Crippen LogP contribution in [-0.2, 0) is 13.0 Å². The molecule has 25 heavy (non-hydrogen) atoms. The van der Waals surface area contributed by atoms with Crippen molar-refractivity contribution < 1.29 is 4.79 Å². The Morgan fingerprint density at radius 3 is 2.76 bits per heavy atom. The van der Waals surface area contributed by atoms with Crippen LogP contribution in [-0.4, -0.2) is 10.9 Å². The van der Waals surface area contributed by atoms with Crippen molar-refractivity contribution in [3.05, 3.63) is 76.3 Å². The van der Waals surface area contributed by atoms with Crippen LogP contribution in [0.1, 0.15) is 34.1 Å². The van der Waals surface area contributed by atoms with Gasteiger partial charge in [0.25, 0.3) is 5.91 Å². The van der Waals surface area contributed by atoms with Gasteiger partial charge in [-0.2, -0.15) is 0 Å². The Morgan fingerprint density at radius 2 is 2.00 bits per heavy atom. The fourth-order valence-electron chi connectivity index (χ4n) is 2.60. The van der Waals surface area contributed by atoms with Crippen LogP contribution in [0.3, 0.4) is 0 Å². The first kappa shape index (κ1) is 17.2. The maximum Gasteiger partial charge on any atom is 0.257 e. The van der Waals surface area contributed by atoms with Crippen molar-refractivity contribution in [3.63, 3.8) is 0 Å². The molecule has 1 amide bonds. The van der Waals surface area contributed by atoms with Crippen LogP contribution < -0.4 is 10.6 Å². The van der Waals surface area contributed by atoms with Gasteiger partial charge in [-0.3, -0.25) is 10.1 Å². The molecule has 0 radical (unpaired) electrons. The molecule has 1 heterocycles. The first-order valence-electron chi connectivity index (χ1n) is 8.30. The van der Waals surface area contributed by atoms with Gasteiger partial charge >= 0.3 is 0 Å². The molecule has 128 valence electrons. The van der Waals surface area contributed by atoms with E-state index in [1.807, 2.05) is 42.6 Å².